The van der Waals surface area contributed by atoms with Gasteiger partial charge in [-0.3, -0.25) is 0 Å². The summed E-state index contributed by atoms with van der Waals surface area (Å²) in [7, 11) is 0. The maximum Gasteiger partial charge on any atom is 0.159 e. The molecule has 0 amide bonds. The molecule has 11 rings (SSSR count). The average Bonchev–Trinajstić information content (AvgIpc) is 3.88. The molecule has 0 N–H and O–H groups in total. The van der Waals surface area contributed by atoms with Crippen molar-refractivity contribution in [3.8, 4) is 0 Å². The number of thiophene rings is 2. The van der Waals surface area contributed by atoms with Crippen LogP contribution in [0.2, 0.25) is 0 Å². The molecule has 0 bridgehead atoms. The Morgan fingerprint density at radius 2 is 0.936 bits per heavy atom. The third-order valence-electron chi connectivity index (χ3n) is 9.47. The van der Waals surface area contributed by atoms with E-state index in [4.69, 9.17) is 8.83 Å². The largest absolute Gasteiger partial charge is 0.456 e. The molecular weight excluding hydrogens is 615 g/mol. The summed E-state index contributed by atoms with van der Waals surface area (Å²) < 4.78 is 18.0. The smallest absolute Gasteiger partial charge is 0.159 e. The van der Waals surface area contributed by atoms with Gasteiger partial charge in [-0.15, -0.1) is 22.7 Å². The fraction of sp³-hybridized carbons (Fsp3) is 0. The van der Waals surface area contributed by atoms with E-state index >= 15 is 0 Å². The molecule has 0 radical (unpaired) electrons. The van der Waals surface area contributed by atoms with Crippen LogP contribution in [0.1, 0.15) is 0 Å². The number of nitrogens with zero attached hydrogens (tertiary/aromatic N) is 1. The first-order valence-electron chi connectivity index (χ1n) is 15.7. The van der Waals surface area contributed by atoms with Gasteiger partial charge in [0.25, 0.3) is 0 Å². The number of furan rings is 2. The minimum atomic E-state index is 0.883. The Morgan fingerprint density at radius 1 is 0.362 bits per heavy atom. The molecule has 0 spiro atoms. The van der Waals surface area contributed by atoms with Gasteiger partial charge < -0.3 is 13.7 Å². The molecular formula is C42H23NO2S2. The van der Waals surface area contributed by atoms with Crippen molar-refractivity contribution in [1.29, 1.82) is 0 Å². The first-order valence-corrected chi connectivity index (χ1v) is 17.3. The predicted molar refractivity (Wildman–Crippen MR) is 201 cm³/mol. The normalized spacial score (nSPS) is 12.3. The molecule has 0 aliphatic rings. The minimum absolute atomic E-state index is 0.883. The van der Waals surface area contributed by atoms with Crippen molar-refractivity contribution >= 4 is 124 Å². The van der Waals surface area contributed by atoms with Crippen molar-refractivity contribution in [3.63, 3.8) is 0 Å². The maximum absolute atomic E-state index is 6.70. The topological polar surface area (TPSA) is 29.5 Å². The van der Waals surface area contributed by atoms with Crippen LogP contribution < -0.4 is 4.90 Å². The van der Waals surface area contributed by atoms with Crippen molar-refractivity contribution in [2.24, 2.45) is 0 Å². The second-order valence-corrected chi connectivity index (χ2v) is 14.1. The van der Waals surface area contributed by atoms with Gasteiger partial charge in [0.2, 0.25) is 0 Å². The van der Waals surface area contributed by atoms with E-state index in [0.29, 0.717) is 0 Å². The van der Waals surface area contributed by atoms with Crippen molar-refractivity contribution in [2.75, 3.05) is 4.90 Å². The minimum Gasteiger partial charge on any atom is -0.456 e. The quantitative estimate of drug-likeness (QED) is 0.193. The van der Waals surface area contributed by atoms with Crippen LogP contribution >= 0.6 is 22.7 Å². The summed E-state index contributed by atoms with van der Waals surface area (Å²) in [4.78, 5) is 2.44. The third kappa shape index (κ3) is 3.50. The molecule has 0 atom stereocenters. The van der Waals surface area contributed by atoms with E-state index in [1.165, 1.54) is 45.7 Å². The Bertz CT molecular complexity index is 2930. The summed E-state index contributed by atoms with van der Waals surface area (Å²) in [6.07, 6.45) is 0. The summed E-state index contributed by atoms with van der Waals surface area (Å²) in [5.74, 6) is 0. The Kier molecular flexibility index (Phi) is 5.14. The van der Waals surface area contributed by atoms with Gasteiger partial charge in [0.1, 0.15) is 16.7 Å². The van der Waals surface area contributed by atoms with Crippen LogP contribution in [0.4, 0.5) is 17.1 Å². The molecule has 3 nitrogen and oxygen atoms in total. The van der Waals surface area contributed by atoms with Gasteiger partial charge in [0.05, 0.1) is 26.5 Å². The lowest BCUT2D eigenvalue weighted by Crippen LogP contribution is -2.10. The highest BCUT2D eigenvalue weighted by Crippen LogP contribution is 2.52. The molecule has 11 aromatic rings. The molecule has 0 saturated heterocycles. The lowest BCUT2D eigenvalue weighted by Gasteiger charge is -2.26. The molecule has 0 unspecified atom stereocenters. The fourth-order valence-corrected chi connectivity index (χ4v) is 9.99. The number of hydrogen-bond donors (Lipinski definition) is 0. The van der Waals surface area contributed by atoms with Crippen molar-refractivity contribution in [2.45, 2.75) is 0 Å². The van der Waals surface area contributed by atoms with Crippen LogP contribution in [-0.2, 0) is 0 Å². The Labute approximate surface area is 276 Å². The van der Waals surface area contributed by atoms with Gasteiger partial charge in [0.15, 0.2) is 5.58 Å². The standard InChI is InChI=1S/C42H23NO2S2/c1-4-19-34-24(10-1)26-13-7-16-31(39(26)45-34)43(32-17-8-14-27-25-11-3-6-21-37(25)46-40(27)32)33-18-9-15-28-29-22-23-36-38(42(29)47-41(28)33)30-12-2-5-20-35(30)44-36/h1-23H. The zero-order valence-electron chi connectivity index (χ0n) is 24.9. The van der Waals surface area contributed by atoms with Crippen LogP contribution in [0.25, 0.3) is 84.2 Å². The van der Waals surface area contributed by atoms with E-state index in [2.05, 4.69) is 132 Å². The molecule has 0 aliphatic carbocycles. The average molecular weight is 638 g/mol. The van der Waals surface area contributed by atoms with Gasteiger partial charge in [-0.1, -0.05) is 91.0 Å². The van der Waals surface area contributed by atoms with Gasteiger partial charge in [-0.25, -0.2) is 0 Å². The monoisotopic (exact) mass is 637 g/mol. The highest BCUT2D eigenvalue weighted by Gasteiger charge is 2.25. The second kappa shape index (κ2) is 9.46. The van der Waals surface area contributed by atoms with Gasteiger partial charge in [0, 0.05) is 52.5 Å². The van der Waals surface area contributed by atoms with Crippen LogP contribution in [0.15, 0.2) is 148 Å². The first-order chi connectivity index (χ1) is 23.3. The first kappa shape index (κ1) is 25.6. The second-order valence-electron chi connectivity index (χ2n) is 12.0. The van der Waals surface area contributed by atoms with Crippen molar-refractivity contribution in [3.05, 3.63) is 140 Å². The molecule has 47 heavy (non-hydrogen) atoms. The van der Waals surface area contributed by atoms with Crippen LogP contribution in [0, 0.1) is 0 Å². The van der Waals surface area contributed by atoms with Crippen LogP contribution in [0.3, 0.4) is 0 Å². The number of rotatable bonds is 3. The van der Waals surface area contributed by atoms with Crippen LogP contribution in [-0.4, -0.2) is 0 Å². The van der Waals surface area contributed by atoms with Gasteiger partial charge in [-0.2, -0.15) is 0 Å². The highest BCUT2D eigenvalue weighted by atomic mass is 32.1. The summed E-state index contributed by atoms with van der Waals surface area (Å²) in [5.41, 5.74) is 6.90. The molecule has 5 heteroatoms. The maximum atomic E-state index is 6.70. The Balaban J connectivity index is 1.28. The molecule has 4 aromatic heterocycles. The Morgan fingerprint density at radius 3 is 1.74 bits per heavy atom. The fourth-order valence-electron chi connectivity index (χ4n) is 7.43. The number of para-hydroxylation sites is 3. The van der Waals surface area contributed by atoms with Gasteiger partial charge in [-0.05, 0) is 48.5 Å². The van der Waals surface area contributed by atoms with E-state index in [9.17, 15) is 0 Å². The van der Waals surface area contributed by atoms with Crippen LogP contribution in [0.5, 0.6) is 0 Å². The SMILES string of the molecule is c1ccc2c(c1)oc1c(N(c3cccc4c3sc3ccccc34)c3cccc4c3sc3c4ccc4oc5ccccc5c43)cccc12. The number of fused-ring (bicyclic) bond motifs is 13. The zero-order valence-corrected chi connectivity index (χ0v) is 26.5. The number of hydrogen-bond acceptors (Lipinski definition) is 5. The number of anilines is 3. The van der Waals surface area contributed by atoms with Gasteiger partial charge >= 0.3 is 0 Å². The molecule has 0 saturated carbocycles. The summed E-state index contributed by atoms with van der Waals surface area (Å²) in [6.45, 7) is 0. The highest BCUT2D eigenvalue weighted by molar-refractivity contribution is 7.27. The number of benzene rings is 7. The summed E-state index contributed by atoms with van der Waals surface area (Å²) in [6, 6.07) is 49.7. The van der Waals surface area contributed by atoms with E-state index in [-0.39, 0.29) is 0 Å². The zero-order chi connectivity index (χ0) is 30.6. The van der Waals surface area contributed by atoms with Crippen molar-refractivity contribution in [1.82, 2.24) is 0 Å². The molecule has 7 aromatic carbocycles. The van der Waals surface area contributed by atoms with E-state index in [0.717, 1.165) is 55.6 Å². The van der Waals surface area contributed by atoms with E-state index in [1.807, 2.05) is 34.8 Å². The third-order valence-corrected chi connectivity index (χ3v) is 11.9. The summed E-state index contributed by atoms with van der Waals surface area (Å²) >= 11 is 3.70. The molecule has 4 heterocycles. The van der Waals surface area contributed by atoms with Crippen molar-refractivity contribution < 1.29 is 8.83 Å². The van der Waals surface area contributed by atoms with E-state index < -0.39 is 0 Å². The predicted octanol–water partition coefficient (Wildman–Crippen LogP) is 13.7. The lowest BCUT2D eigenvalue weighted by atomic mass is 10.1. The molecule has 0 fully saturated rings. The Hall–Kier alpha value is -5.62. The molecule has 220 valence electrons. The van der Waals surface area contributed by atoms with E-state index in [1.54, 1.807) is 0 Å². The summed E-state index contributed by atoms with van der Waals surface area (Å²) in [5, 5.41) is 9.60. The molecule has 0 aliphatic heterocycles. The lowest BCUT2D eigenvalue weighted by molar-refractivity contribution is 0.669.